The third-order valence-electron chi connectivity index (χ3n) is 5.76. The van der Waals surface area contributed by atoms with Gasteiger partial charge >= 0.3 is 0 Å². The minimum Gasteiger partial charge on any atom is -0.490 e. The molecule has 4 rings (SSSR count). The van der Waals surface area contributed by atoms with E-state index in [0.29, 0.717) is 47.3 Å². The van der Waals surface area contributed by atoms with Gasteiger partial charge in [-0.3, -0.25) is 9.59 Å². The topological polar surface area (TPSA) is 107 Å². The number of rotatable bonds is 11. The molecule has 1 heterocycles. The highest BCUT2D eigenvalue weighted by Gasteiger charge is 2.25. The maximum atomic E-state index is 12.8. The van der Waals surface area contributed by atoms with Gasteiger partial charge in [-0.25, -0.2) is 5.43 Å². The van der Waals surface area contributed by atoms with E-state index in [1.165, 1.54) is 6.21 Å². The van der Waals surface area contributed by atoms with Gasteiger partial charge in [0.25, 0.3) is 11.8 Å². The van der Waals surface area contributed by atoms with Crippen LogP contribution < -0.4 is 29.7 Å². The van der Waals surface area contributed by atoms with Gasteiger partial charge in [-0.15, -0.1) is 0 Å². The minimum absolute atomic E-state index is 0.116. The zero-order valence-corrected chi connectivity index (χ0v) is 21.6. The first-order valence-corrected chi connectivity index (χ1v) is 12.4. The number of hydrogen-bond donors (Lipinski definition) is 2. The summed E-state index contributed by atoms with van der Waals surface area (Å²) in [4.78, 5) is 25.6. The molecule has 1 aliphatic rings. The van der Waals surface area contributed by atoms with Gasteiger partial charge in [0.05, 0.1) is 12.8 Å². The zero-order valence-electron chi connectivity index (χ0n) is 21.6. The monoisotopic (exact) mass is 517 g/mol. The maximum absolute atomic E-state index is 12.8. The Morgan fingerprint density at radius 3 is 2.53 bits per heavy atom. The lowest BCUT2D eigenvalue weighted by atomic mass is 10.0. The standard InChI is InChI=1S/C29H31N3O6/c1-4-35-25-14-21(10-12-23(25)36-17-20-8-6-5-7-9-20)16-30-32-29(34)27(19(2)3)31-28(33)22-11-13-24-26(15-22)38-18-37-24/h5-16,19,27H,4,17-18H2,1-3H3,(H,31,33)(H,32,34). The molecule has 198 valence electrons. The summed E-state index contributed by atoms with van der Waals surface area (Å²) in [7, 11) is 0. The average molecular weight is 518 g/mol. The highest BCUT2D eigenvalue weighted by atomic mass is 16.7. The second-order valence-electron chi connectivity index (χ2n) is 8.91. The molecule has 9 heteroatoms. The van der Waals surface area contributed by atoms with Crippen LogP contribution in [0.15, 0.2) is 71.8 Å². The summed E-state index contributed by atoms with van der Waals surface area (Å²) in [6.45, 7) is 6.58. The van der Waals surface area contributed by atoms with Crippen LogP contribution in [0.25, 0.3) is 0 Å². The molecule has 2 amide bonds. The van der Waals surface area contributed by atoms with E-state index in [4.69, 9.17) is 18.9 Å². The number of carbonyl (C=O) groups is 2. The Kier molecular flexibility index (Phi) is 8.81. The van der Waals surface area contributed by atoms with Crippen LogP contribution in [-0.2, 0) is 11.4 Å². The average Bonchev–Trinajstić information content (AvgIpc) is 3.40. The van der Waals surface area contributed by atoms with Crippen LogP contribution in [0.4, 0.5) is 0 Å². The molecule has 9 nitrogen and oxygen atoms in total. The van der Waals surface area contributed by atoms with Crippen LogP contribution in [0.1, 0.15) is 42.3 Å². The van der Waals surface area contributed by atoms with Crippen molar-refractivity contribution in [3.63, 3.8) is 0 Å². The molecule has 0 aliphatic carbocycles. The molecule has 0 radical (unpaired) electrons. The highest BCUT2D eigenvalue weighted by molar-refractivity contribution is 5.98. The number of nitrogens with zero attached hydrogens (tertiary/aromatic N) is 1. The summed E-state index contributed by atoms with van der Waals surface area (Å²) in [6.07, 6.45) is 1.51. The lowest BCUT2D eigenvalue weighted by Crippen LogP contribution is -2.48. The largest absolute Gasteiger partial charge is 0.490 e. The van der Waals surface area contributed by atoms with Gasteiger partial charge in [0.1, 0.15) is 12.6 Å². The Hall–Kier alpha value is -4.53. The van der Waals surface area contributed by atoms with Gasteiger partial charge in [-0.05, 0) is 60.4 Å². The first kappa shape index (κ1) is 26.5. The summed E-state index contributed by atoms with van der Waals surface area (Å²) in [5.41, 5.74) is 4.66. The van der Waals surface area contributed by atoms with E-state index in [0.717, 1.165) is 5.56 Å². The van der Waals surface area contributed by atoms with Gasteiger partial charge < -0.3 is 24.3 Å². The van der Waals surface area contributed by atoms with Crippen molar-refractivity contribution < 1.29 is 28.5 Å². The molecule has 0 spiro atoms. The Labute approximate surface area is 221 Å². The van der Waals surface area contributed by atoms with E-state index in [9.17, 15) is 9.59 Å². The summed E-state index contributed by atoms with van der Waals surface area (Å²) >= 11 is 0. The highest BCUT2D eigenvalue weighted by Crippen LogP contribution is 2.32. The second kappa shape index (κ2) is 12.6. The maximum Gasteiger partial charge on any atom is 0.262 e. The smallest absolute Gasteiger partial charge is 0.262 e. The van der Waals surface area contributed by atoms with Crippen molar-refractivity contribution in [1.82, 2.24) is 10.7 Å². The van der Waals surface area contributed by atoms with Crippen molar-refractivity contribution in [2.45, 2.75) is 33.4 Å². The van der Waals surface area contributed by atoms with Gasteiger partial charge in [-0.2, -0.15) is 5.10 Å². The Balaban J connectivity index is 1.37. The number of nitrogens with one attached hydrogen (secondary N) is 2. The lowest BCUT2D eigenvalue weighted by Gasteiger charge is -2.20. The molecular weight excluding hydrogens is 486 g/mol. The van der Waals surface area contributed by atoms with Crippen molar-refractivity contribution in [3.8, 4) is 23.0 Å². The van der Waals surface area contributed by atoms with E-state index in [-0.39, 0.29) is 12.7 Å². The van der Waals surface area contributed by atoms with E-state index >= 15 is 0 Å². The number of hydrogen-bond acceptors (Lipinski definition) is 7. The summed E-state index contributed by atoms with van der Waals surface area (Å²) in [5, 5.41) is 6.86. The SMILES string of the molecule is CCOc1cc(C=NNC(=O)C(NC(=O)c2ccc3c(c2)OCO3)C(C)C)ccc1OCc1ccccc1. The molecule has 1 unspecified atom stereocenters. The fourth-order valence-corrected chi connectivity index (χ4v) is 3.77. The summed E-state index contributed by atoms with van der Waals surface area (Å²) < 4.78 is 22.3. The molecule has 1 aliphatic heterocycles. The number of benzene rings is 3. The van der Waals surface area contributed by atoms with Crippen molar-refractivity contribution in [3.05, 3.63) is 83.4 Å². The van der Waals surface area contributed by atoms with Gasteiger partial charge in [-0.1, -0.05) is 44.2 Å². The molecule has 3 aromatic rings. The van der Waals surface area contributed by atoms with Crippen molar-refractivity contribution in [2.75, 3.05) is 13.4 Å². The zero-order chi connectivity index (χ0) is 26.9. The molecule has 0 aromatic heterocycles. The van der Waals surface area contributed by atoms with Crippen LogP contribution in [0.2, 0.25) is 0 Å². The van der Waals surface area contributed by atoms with E-state index in [1.54, 1.807) is 30.3 Å². The lowest BCUT2D eigenvalue weighted by molar-refractivity contribution is -0.123. The first-order chi connectivity index (χ1) is 18.4. The predicted octanol–water partition coefficient (Wildman–Crippen LogP) is 4.30. The van der Waals surface area contributed by atoms with Gasteiger partial charge in [0.2, 0.25) is 6.79 Å². The van der Waals surface area contributed by atoms with Crippen molar-refractivity contribution >= 4 is 18.0 Å². The van der Waals surface area contributed by atoms with Gasteiger partial charge in [0, 0.05) is 5.56 Å². The summed E-state index contributed by atoms with van der Waals surface area (Å²) in [5.74, 6) is 1.27. The molecule has 1 atom stereocenters. The molecule has 38 heavy (non-hydrogen) atoms. The molecule has 3 aromatic carbocycles. The van der Waals surface area contributed by atoms with Crippen LogP contribution >= 0.6 is 0 Å². The number of amides is 2. The molecule has 0 bridgehead atoms. The fourth-order valence-electron chi connectivity index (χ4n) is 3.77. The molecule has 0 saturated carbocycles. The minimum atomic E-state index is -0.794. The second-order valence-corrected chi connectivity index (χ2v) is 8.91. The van der Waals surface area contributed by atoms with E-state index in [1.807, 2.05) is 57.2 Å². The predicted molar refractivity (Wildman–Crippen MR) is 143 cm³/mol. The Bertz CT molecular complexity index is 1290. The number of carbonyl (C=O) groups excluding carboxylic acids is 2. The molecule has 0 saturated heterocycles. The third kappa shape index (κ3) is 6.82. The number of hydrazone groups is 1. The molecule has 2 N–H and O–H groups in total. The normalized spacial score (nSPS) is 12.8. The number of fused-ring (bicyclic) bond motifs is 1. The van der Waals surface area contributed by atoms with Crippen molar-refractivity contribution in [1.29, 1.82) is 0 Å². The van der Waals surface area contributed by atoms with Crippen molar-refractivity contribution in [2.24, 2.45) is 11.0 Å². The van der Waals surface area contributed by atoms with Crippen LogP contribution in [-0.4, -0.2) is 37.5 Å². The fraction of sp³-hybridized carbons (Fsp3) is 0.276. The van der Waals surface area contributed by atoms with Crippen LogP contribution in [0.5, 0.6) is 23.0 Å². The van der Waals surface area contributed by atoms with Crippen LogP contribution in [0, 0.1) is 5.92 Å². The first-order valence-electron chi connectivity index (χ1n) is 12.4. The third-order valence-corrected chi connectivity index (χ3v) is 5.76. The van der Waals surface area contributed by atoms with Crippen LogP contribution in [0.3, 0.4) is 0 Å². The Morgan fingerprint density at radius 1 is 0.974 bits per heavy atom. The van der Waals surface area contributed by atoms with E-state index in [2.05, 4.69) is 15.8 Å². The summed E-state index contributed by atoms with van der Waals surface area (Å²) in [6, 6.07) is 19.4. The van der Waals surface area contributed by atoms with Gasteiger partial charge in [0.15, 0.2) is 23.0 Å². The van der Waals surface area contributed by atoms with E-state index < -0.39 is 17.9 Å². The molecule has 0 fully saturated rings. The quantitative estimate of drug-likeness (QED) is 0.290. The molecular formula is C29H31N3O6. The Morgan fingerprint density at radius 2 is 1.76 bits per heavy atom. The number of ether oxygens (including phenoxy) is 4.